The molecule has 0 aliphatic carbocycles. The minimum atomic E-state index is -0.263. The van der Waals surface area contributed by atoms with Gasteiger partial charge in [0.25, 0.3) is 11.5 Å². The molecule has 1 amide bonds. The number of carbonyl (C=O) groups is 1. The molecular weight excluding hydrogens is 484 g/mol. The maximum Gasteiger partial charge on any atom is 0.273 e. The zero-order chi connectivity index (χ0) is 26.7. The maximum atomic E-state index is 13.3. The zero-order valence-corrected chi connectivity index (χ0v) is 22.0. The second-order valence-corrected chi connectivity index (χ2v) is 10.2. The van der Waals surface area contributed by atoms with Crippen molar-refractivity contribution in [1.82, 2.24) is 19.9 Å². The van der Waals surface area contributed by atoms with Gasteiger partial charge < -0.3 is 20.1 Å². The molecular formula is C28H34N6O4. The molecule has 200 valence electrons. The minimum Gasteiger partial charge on any atom is -0.486 e. The first kappa shape index (κ1) is 25.7. The lowest BCUT2D eigenvalue weighted by atomic mass is 10.0. The van der Waals surface area contributed by atoms with Crippen LogP contribution >= 0.6 is 0 Å². The van der Waals surface area contributed by atoms with E-state index in [1.807, 2.05) is 49.4 Å². The van der Waals surface area contributed by atoms with Crippen molar-refractivity contribution < 1.29 is 14.3 Å². The largest absolute Gasteiger partial charge is 0.486 e. The summed E-state index contributed by atoms with van der Waals surface area (Å²) in [6.45, 7) is 9.74. The quantitative estimate of drug-likeness (QED) is 0.418. The van der Waals surface area contributed by atoms with Crippen molar-refractivity contribution >= 4 is 11.9 Å². The number of anilines is 1. The average Bonchev–Trinajstić information content (AvgIpc) is 3.37. The normalized spacial score (nSPS) is 17.3. The highest BCUT2D eigenvalue weighted by Gasteiger charge is 2.29. The fourth-order valence-corrected chi connectivity index (χ4v) is 4.79. The summed E-state index contributed by atoms with van der Waals surface area (Å²) in [4.78, 5) is 32.9. The highest BCUT2D eigenvalue weighted by Crippen LogP contribution is 2.25. The smallest absolute Gasteiger partial charge is 0.273 e. The van der Waals surface area contributed by atoms with E-state index in [4.69, 9.17) is 9.47 Å². The van der Waals surface area contributed by atoms with Gasteiger partial charge in [0, 0.05) is 31.2 Å². The van der Waals surface area contributed by atoms with Crippen LogP contribution in [0.3, 0.4) is 0 Å². The van der Waals surface area contributed by atoms with Crippen LogP contribution in [0, 0.1) is 6.92 Å². The van der Waals surface area contributed by atoms with Crippen molar-refractivity contribution in [3.05, 3.63) is 87.3 Å². The number of fused-ring (bicyclic) bond motifs is 1. The lowest BCUT2D eigenvalue weighted by Gasteiger charge is -2.40. The summed E-state index contributed by atoms with van der Waals surface area (Å²) < 4.78 is 12.9. The monoisotopic (exact) mass is 518 g/mol. The highest BCUT2D eigenvalue weighted by molar-refractivity contribution is 5.98. The number of hydrogen-bond donors (Lipinski definition) is 3. The molecule has 2 aliphatic rings. The van der Waals surface area contributed by atoms with Crippen LogP contribution in [-0.4, -0.2) is 58.9 Å². The van der Waals surface area contributed by atoms with Gasteiger partial charge in [-0.3, -0.25) is 19.9 Å². The molecule has 10 heteroatoms. The average molecular weight is 519 g/mol. The molecule has 0 spiro atoms. The van der Waals surface area contributed by atoms with Crippen LogP contribution in [0.15, 0.2) is 59.4 Å². The van der Waals surface area contributed by atoms with Crippen LogP contribution in [0.5, 0.6) is 5.75 Å². The number of morpholine rings is 1. The van der Waals surface area contributed by atoms with Crippen molar-refractivity contribution in [2.75, 3.05) is 43.6 Å². The SMILES string of the molecule is Cc1cccc(OCc2cc(=O)n3c(n2)NC(c2ccccc2)N3)c1C(=O)NCC(C)(C)N1CCOCC1. The molecule has 5 rings (SSSR count). The van der Waals surface area contributed by atoms with Crippen molar-refractivity contribution in [1.29, 1.82) is 0 Å². The first-order chi connectivity index (χ1) is 18.3. The van der Waals surface area contributed by atoms with E-state index < -0.39 is 0 Å². The Labute approximate surface area is 221 Å². The number of aromatic nitrogens is 2. The molecule has 3 N–H and O–H groups in total. The van der Waals surface area contributed by atoms with Gasteiger partial charge >= 0.3 is 0 Å². The Kier molecular flexibility index (Phi) is 7.35. The third kappa shape index (κ3) is 5.51. The summed E-state index contributed by atoms with van der Waals surface area (Å²) in [5.41, 5.74) is 5.41. The number of nitrogens with one attached hydrogen (secondary N) is 3. The van der Waals surface area contributed by atoms with E-state index in [0.29, 0.717) is 42.7 Å². The lowest BCUT2D eigenvalue weighted by molar-refractivity contribution is -0.00924. The lowest BCUT2D eigenvalue weighted by Crippen LogP contribution is -2.55. The van der Waals surface area contributed by atoms with E-state index in [9.17, 15) is 9.59 Å². The number of amides is 1. The second kappa shape index (κ2) is 10.8. The summed E-state index contributed by atoms with van der Waals surface area (Å²) in [5.74, 6) is 0.665. The van der Waals surface area contributed by atoms with Gasteiger partial charge in [-0.2, -0.15) is 4.68 Å². The fourth-order valence-electron chi connectivity index (χ4n) is 4.79. The van der Waals surface area contributed by atoms with Crippen LogP contribution in [0.4, 0.5) is 5.95 Å². The highest BCUT2D eigenvalue weighted by atomic mass is 16.5. The topological polar surface area (TPSA) is 110 Å². The first-order valence-electron chi connectivity index (χ1n) is 12.9. The molecule has 10 nitrogen and oxygen atoms in total. The molecule has 1 fully saturated rings. The van der Waals surface area contributed by atoms with Crippen molar-refractivity contribution in [3.63, 3.8) is 0 Å². The number of benzene rings is 2. The number of aryl methyl sites for hydroxylation is 1. The number of ether oxygens (including phenoxy) is 2. The Bertz CT molecular complexity index is 1350. The third-order valence-corrected chi connectivity index (χ3v) is 7.02. The zero-order valence-electron chi connectivity index (χ0n) is 22.0. The van der Waals surface area contributed by atoms with E-state index in [2.05, 4.69) is 39.8 Å². The number of carbonyl (C=O) groups excluding carboxylic acids is 1. The maximum absolute atomic E-state index is 13.3. The molecule has 0 bridgehead atoms. The Morgan fingerprint density at radius 3 is 2.68 bits per heavy atom. The van der Waals surface area contributed by atoms with E-state index in [0.717, 1.165) is 24.2 Å². The van der Waals surface area contributed by atoms with Gasteiger partial charge in [-0.25, -0.2) is 4.98 Å². The minimum absolute atomic E-state index is 0.0454. The molecule has 38 heavy (non-hydrogen) atoms. The van der Waals surface area contributed by atoms with Crippen LogP contribution in [0.2, 0.25) is 0 Å². The Morgan fingerprint density at radius 2 is 1.92 bits per heavy atom. The van der Waals surface area contributed by atoms with Gasteiger partial charge in [0.1, 0.15) is 18.5 Å². The molecule has 1 aromatic heterocycles. The van der Waals surface area contributed by atoms with E-state index in [-0.39, 0.29) is 29.8 Å². The van der Waals surface area contributed by atoms with Crippen LogP contribution in [0.1, 0.15) is 47.2 Å². The molecule has 3 heterocycles. The molecule has 0 saturated carbocycles. The molecule has 3 aromatic rings. The Morgan fingerprint density at radius 1 is 1.16 bits per heavy atom. The first-order valence-corrected chi connectivity index (χ1v) is 12.9. The molecule has 1 unspecified atom stereocenters. The number of rotatable bonds is 8. The van der Waals surface area contributed by atoms with E-state index >= 15 is 0 Å². The van der Waals surface area contributed by atoms with Gasteiger partial charge in [-0.15, -0.1) is 0 Å². The summed E-state index contributed by atoms with van der Waals surface area (Å²) in [5, 5.41) is 6.33. The van der Waals surface area contributed by atoms with E-state index in [1.165, 1.54) is 10.7 Å². The predicted molar refractivity (Wildman–Crippen MR) is 145 cm³/mol. The molecule has 1 saturated heterocycles. The number of hydrogen-bond acceptors (Lipinski definition) is 8. The third-order valence-electron chi connectivity index (χ3n) is 7.02. The van der Waals surface area contributed by atoms with Crippen molar-refractivity contribution in [2.24, 2.45) is 0 Å². The van der Waals surface area contributed by atoms with Gasteiger partial charge in [0.2, 0.25) is 5.95 Å². The molecule has 1 atom stereocenters. The van der Waals surface area contributed by atoms with Crippen molar-refractivity contribution in [2.45, 2.75) is 39.1 Å². The molecule has 0 radical (unpaired) electrons. The Balaban J connectivity index is 1.27. The van der Waals surface area contributed by atoms with Gasteiger partial charge in [-0.1, -0.05) is 42.5 Å². The van der Waals surface area contributed by atoms with Gasteiger partial charge in [0.15, 0.2) is 0 Å². The second-order valence-electron chi connectivity index (χ2n) is 10.2. The summed E-state index contributed by atoms with van der Waals surface area (Å²) >= 11 is 0. The standard InChI is InChI=1S/C28H34N6O4/c1-19-8-7-11-22(24(19)26(36)29-18-28(2,3)33-12-14-37-15-13-33)38-17-21-16-23(35)34-27(30-21)31-25(32-34)20-9-5-4-6-10-20/h4-11,16,25,32H,12-15,17-18H2,1-3H3,(H,29,36)(H,30,31). The number of nitrogens with zero attached hydrogens (tertiary/aromatic N) is 3. The van der Waals surface area contributed by atoms with Crippen LogP contribution < -0.4 is 26.4 Å². The summed E-state index contributed by atoms with van der Waals surface area (Å²) in [6, 6.07) is 16.7. The summed E-state index contributed by atoms with van der Waals surface area (Å²) in [6.07, 6.45) is -0.263. The van der Waals surface area contributed by atoms with E-state index in [1.54, 1.807) is 6.07 Å². The predicted octanol–water partition coefficient (Wildman–Crippen LogP) is 2.64. The van der Waals surface area contributed by atoms with Crippen molar-refractivity contribution in [3.8, 4) is 5.75 Å². The molecule has 2 aromatic carbocycles. The summed E-state index contributed by atoms with van der Waals surface area (Å²) in [7, 11) is 0. The van der Waals surface area contributed by atoms with Crippen LogP contribution in [0.25, 0.3) is 0 Å². The van der Waals surface area contributed by atoms with Gasteiger partial charge in [-0.05, 0) is 38.0 Å². The fraction of sp³-hybridized carbons (Fsp3) is 0.393. The van der Waals surface area contributed by atoms with Crippen LogP contribution in [-0.2, 0) is 11.3 Å². The Hall–Kier alpha value is -3.89. The van der Waals surface area contributed by atoms with Gasteiger partial charge in [0.05, 0.1) is 24.5 Å². The molecule has 2 aliphatic heterocycles.